The van der Waals surface area contributed by atoms with Crippen LogP contribution in [0.1, 0.15) is 226 Å². The molecule has 8 heteroatoms. The number of carbonyl (C=O) groups is 3. The van der Waals surface area contributed by atoms with Crippen LogP contribution in [-0.2, 0) is 28.6 Å². The Balaban J connectivity index is 4.25. The highest BCUT2D eigenvalue weighted by Crippen LogP contribution is 2.15. The number of ether oxygens (including phenoxy) is 3. The van der Waals surface area contributed by atoms with E-state index in [0.717, 1.165) is 89.9 Å². The molecule has 0 aromatic heterocycles. The number of nitrogens with zero attached hydrogens (tertiary/aromatic N) is 1. The maximum absolute atomic E-state index is 12.8. The Morgan fingerprint density at radius 2 is 0.848 bits per heavy atom. The summed E-state index contributed by atoms with van der Waals surface area (Å²) < 4.78 is 17.3. The fraction of sp³-hybridized carbons (Fsp3) is 0.741. The highest BCUT2D eigenvalue weighted by Gasteiger charge is 2.25. The molecule has 0 N–H and O–H groups in total. The van der Waals surface area contributed by atoms with Crippen molar-refractivity contribution in [3.63, 3.8) is 0 Å². The molecule has 0 amide bonds. The molecular formula is C58H101NO7. The van der Waals surface area contributed by atoms with E-state index in [1.807, 2.05) is 0 Å². The summed E-state index contributed by atoms with van der Waals surface area (Å²) in [5.74, 6) is -1.76. The van der Waals surface area contributed by atoms with Crippen molar-refractivity contribution in [1.29, 1.82) is 0 Å². The maximum atomic E-state index is 12.8. The minimum Gasteiger partial charge on any atom is -0.544 e. The minimum absolute atomic E-state index is 0.0310. The number of carboxylic acids is 1. The Morgan fingerprint density at radius 3 is 1.26 bits per heavy atom. The lowest BCUT2D eigenvalue weighted by atomic mass is 10.0. The van der Waals surface area contributed by atoms with Crippen molar-refractivity contribution >= 4 is 17.9 Å². The van der Waals surface area contributed by atoms with Crippen molar-refractivity contribution in [2.45, 2.75) is 238 Å². The second-order valence-corrected chi connectivity index (χ2v) is 19.1. The minimum atomic E-state index is -1.13. The molecule has 0 aliphatic rings. The molecule has 0 bridgehead atoms. The van der Waals surface area contributed by atoms with Gasteiger partial charge in [-0.25, -0.2) is 0 Å². The van der Waals surface area contributed by atoms with Gasteiger partial charge in [-0.05, 0) is 83.5 Å². The third-order valence-corrected chi connectivity index (χ3v) is 11.8. The molecule has 0 saturated heterocycles. The smallest absolute Gasteiger partial charge is 0.306 e. The monoisotopic (exact) mass is 924 g/mol. The first-order valence-corrected chi connectivity index (χ1v) is 27.0. The van der Waals surface area contributed by atoms with E-state index in [9.17, 15) is 19.5 Å². The fourth-order valence-corrected chi connectivity index (χ4v) is 7.68. The van der Waals surface area contributed by atoms with E-state index in [1.54, 1.807) is 21.1 Å². The number of hydrogen-bond acceptors (Lipinski definition) is 7. The van der Waals surface area contributed by atoms with Gasteiger partial charge in [-0.3, -0.25) is 9.59 Å². The standard InChI is InChI=1S/C58H101NO7/c1-6-8-10-12-14-16-18-20-22-24-26-28-30-32-34-36-38-40-42-44-46-48-56(60)65-53-54(52-64-51-50-55(58(62)63)59(3,4)5)66-57(61)49-47-45-43-41-39-37-35-33-31-29-27-25-23-21-19-17-15-13-11-9-7-2/h8,10,14-17,21,23,27,29,33,35,54-55H,6-7,9,11-13,18-20,22,24-26,28,30-32,34,36-53H2,1-5H3/b10-8+,16-14+,17-15+,23-21+,29-27+,35-33+. The lowest BCUT2D eigenvalue weighted by Gasteiger charge is -2.34. The summed E-state index contributed by atoms with van der Waals surface area (Å²) in [6.07, 6.45) is 62.2. The molecule has 2 atom stereocenters. The number of rotatable bonds is 48. The predicted octanol–water partition coefficient (Wildman–Crippen LogP) is 14.5. The summed E-state index contributed by atoms with van der Waals surface area (Å²) in [6.45, 7) is 4.53. The van der Waals surface area contributed by atoms with E-state index >= 15 is 0 Å². The predicted molar refractivity (Wildman–Crippen MR) is 277 cm³/mol. The first-order chi connectivity index (χ1) is 32.1. The molecule has 8 nitrogen and oxygen atoms in total. The van der Waals surface area contributed by atoms with Crippen LogP contribution in [0.4, 0.5) is 0 Å². The third kappa shape index (κ3) is 45.9. The van der Waals surface area contributed by atoms with Crippen molar-refractivity contribution in [1.82, 2.24) is 0 Å². The van der Waals surface area contributed by atoms with Gasteiger partial charge in [0.1, 0.15) is 12.6 Å². The number of allylic oxidation sites excluding steroid dienone is 12. The molecule has 2 unspecified atom stereocenters. The van der Waals surface area contributed by atoms with Gasteiger partial charge >= 0.3 is 11.9 Å². The molecule has 0 aliphatic carbocycles. The Bertz CT molecular complexity index is 1310. The first-order valence-electron chi connectivity index (χ1n) is 27.0. The van der Waals surface area contributed by atoms with E-state index in [0.29, 0.717) is 12.8 Å². The Labute approximate surface area is 406 Å². The largest absolute Gasteiger partial charge is 0.544 e. The molecule has 66 heavy (non-hydrogen) atoms. The average molecular weight is 924 g/mol. The van der Waals surface area contributed by atoms with Gasteiger partial charge in [0.2, 0.25) is 0 Å². The van der Waals surface area contributed by atoms with Crippen LogP contribution in [0.25, 0.3) is 0 Å². The number of carbonyl (C=O) groups excluding carboxylic acids is 3. The zero-order valence-corrected chi connectivity index (χ0v) is 43.3. The van der Waals surface area contributed by atoms with Crippen LogP contribution in [0, 0.1) is 0 Å². The van der Waals surface area contributed by atoms with Crippen molar-refractivity contribution in [3.05, 3.63) is 72.9 Å². The van der Waals surface area contributed by atoms with Gasteiger partial charge in [-0.1, -0.05) is 196 Å². The van der Waals surface area contributed by atoms with Crippen molar-refractivity contribution < 1.29 is 38.2 Å². The van der Waals surface area contributed by atoms with E-state index in [-0.39, 0.29) is 42.7 Å². The molecular weight excluding hydrogens is 823 g/mol. The summed E-state index contributed by atoms with van der Waals surface area (Å²) in [7, 11) is 5.41. The SMILES string of the molecule is CC/C=C/C/C=C/CCCCCCCCCCCCCCCCC(=O)OCC(COCCC(C(=O)[O-])[N+](C)(C)C)OC(=O)CCCCCCC/C=C/C/C=C/C/C=C/C/C=C/CCCCC. The molecule has 0 spiro atoms. The van der Waals surface area contributed by atoms with E-state index in [2.05, 4.69) is 86.8 Å². The van der Waals surface area contributed by atoms with Crippen LogP contribution in [0.15, 0.2) is 72.9 Å². The Morgan fingerprint density at radius 1 is 0.470 bits per heavy atom. The number of aliphatic carboxylic acids is 1. The number of esters is 2. The average Bonchev–Trinajstić information content (AvgIpc) is 3.28. The van der Waals surface area contributed by atoms with Gasteiger partial charge in [0, 0.05) is 19.3 Å². The third-order valence-electron chi connectivity index (χ3n) is 11.8. The van der Waals surface area contributed by atoms with Crippen molar-refractivity contribution in [3.8, 4) is 0 Å². The van der Waals surface area contributed by atoms with Crippen LogP contribution in [0.2, 0.25) is 0 Å². The van der Waals surface area contributed by atoms with Crippen LogP contribution in [-0.4, -0.2) is 75.5 Å². The zero-order chi connectivity index (χ0) is 48.4. The van der Waals surface area contributed by atoms with Gasteiger partial charge in [0.05, 0.1) is 40.3 Å². The van der Waals surface area contributed by atoms with Gasteiger partial charge in [-0.2, -0.15) is 0 Å². The fourth-order valence-electron chi connectivity index (χ4n) is 7.68. The molecule has 380 valence electrons. The molecule has 0 aromatic carbocycles. The lowest BCUT2D eigenvalue weighted by Crippen LogP contribution is -2.55. The van der Waals surface area contributed by atoms with Crippen LogP contribution < -0.4 is 5.11 Å². The van der Waals surface area contributed by atoms with E-state index in [1.165, 1.54) is 103 Å². The number of likely N-dealkylation sites (N-methyl/N-ethyl adjacent to an activating group) is 1. The molecule has 0 aromatic rings. The number of quaternary nitrogens is 1. The second-order valence-electron chi connectivity index (χ2n) is 19.1. The van der Waals surface area contributed by atoms with Crippen LogP contribution in [0.3, 0.4) is 0 Å². The quantitative estimate of drug-likeness (QED) is 0.0259. The van der Waals surface area contributed by atoms with Gasteiger partial charge < -0.3 is 28.6 Å². The topological polar surface area (TPSA) is 102 Å². The zero-order valence-electron chi connectivity index (χ0n) is 43.3. The molecule has 0 radical (unpaired) electrons. The van der Waals surface area contributed by atoms with Crippen LogP contribution in [0.5, 0.6) is 0 Å². The summed E-state index contributed by atoms with van der Waals surface area (Å²) >= 11 is 0. The molecule has 0 saturated carbocycles. The highest BCUT2D eigenvalue weighted by molar-refractivity contribution is 5.70. The lowest BCUT2D eigenvalue weighted by molar-refractivity contribution is -0.889. The highest BCUT2D eigenvalue weighted by atomic mass is 16.6. The second kappa shape index (κ2) is 48.2. The number of carboxylic acid groups (broad SMARTS) is 1. The summed E-state index contributed by atoms with van der Waals surface area (Å²) in [6, 6.07) is -0.733. The maximum Gasteiger partial charge on any atom is 0.306 e. The van der Waals surface area contributed by atoms with Crippen molar-refractivity contribution in [2.75, 3.05) is 41.0 Å². The van der Waals surface area contributed by atoms with Gasteiger partial charge in [-0.15, -0.1) is 0 Å². The van der Waals surface area contributed by atoms with E-state index in [4.69, 9.17) is 14.2 Å². The normalized spacial score (nSPS) is 13.4. The summed E-state index contributed by atoms with van der Waals surface area (Å²) in [5, 5.41) is 11.7. The Kier molecular flexibility index (Phi) is 45.9. The van der Waals surface area contributed by atoms with Crippen molar-refractivity contribution in [2.24, 2.45) is 0 Å². The van der Waals surface area contributed by atoms with Gasteiger partial charge in [0.25, 0.3) is 0 Å². The molecule has 0 aliphatic heterocycles. The summed E-state index contributed by atoms with van der Waals surface area (Å²) in [4.78, 5) is 37.1. The number of hydrogen-bond donors (Lipinski definition) is 0. The first kappa shape index (κ1) is 62.8. The van der Waals surface area contributed by atoms with E-state index < -0.39 is 18.1 Å². The Hall–Kier alpha value is -3.23. The molecule has 0 fully saturated rings. The molecule has 0 heterocycles. The molecule has 0 rings (SSSR count). The number of unbranched alkanes of at least 4 members (excludes halogenated alkanes) is 22. The van der Waals surface area contributed by atoms with Crippen LogP contribution >= 0.6 is 0 Å². The van der Waals surface area contributed by atoms with Gasteiger partial charge in [0.15, 0.2) is 6.10 Å². The summed E-state index contributed by atoms with van der Waals surface area (Å²) in [5.41, 5.74) is 0.